The minimum Gasteiger partial charge on any atom is -0.350 e. The summed E-state index contributed by atoms with van der Waals surface area (Å²) in [5, 5.41) is 8.04. The van der Waals surface area contributed by atoms with E-state index in [4.69, 9.17) is 0 Å². The van der Waals surface area contributed by atoms with E-state index in [1.165, 1.54) is 6.92 Å². The Bertz CT molecular complexity index is 1140. The van der Waals surface area contributed by atoms with Crippen LogP contribution in [0.2, 0.25) is 0 Å². The molecule has 0 aromatic heterocycles. The Morgan fingerprint density at radius 1 is 0.743 bits per heavy atom. The van der Waals surface area contributed by atoms with Crippen molar-refractivity contribution in [1.82, 2.24) is 16.0 Å². The molecule has 182 valence electrons. The summed E-state index contributed by atoms with van der Waals surface area (Å²) in [4.78, 5) is 38.0. The van der Waals surface area contributed by atoms with Crippen LogP contribution in [0, 0.1) is 11.6 Å². The Balaban J connectivity index is 1.61. The molecule has 0 unspecified atom stereocenters. The molecular formula is C27H27F2N3O3. The molecule has 3 aromatic rings. The molecule has 0 bridgehead atoms. The number of halogens is 2. The smallest absolute Gasteiger partial charge is 0.243 e. The van der Waals surface area contributed by atoms with E-state index < -0.39 is 35.5 Å². The molecule has 0 saturated carbocycles. The molecule has 2 atom stereocenters. The SMILES string of the molecule is C[C@H](NC(=O)Cc1cc(F)cc(F)c1)C(=O)N[C@@H](Cc1ccccc1)C(=O)NCc1ccccc1. The van der Waals surface area contributed by atoms with Crippen molar-refractivity contribution in [2.45, 2.75) is 38.4 Å². The molecule has 3 rings (SSSR count). The molecule has 0 spiro atoms. The normalized spacial score (nSPS) is 12.3. The van der Waals surface area contributed by atoms with E-state index in [1.807, 2.05) is 60.7 Å². The van der Waals surface area contributed by atoms with Crippen LogP contribution in [0.15, 0.2) is 78.9 Å². The summed E-state index contributed by atoms with van der Waals surface area (Å²) in [6.45, 7) is 1.78. The molecule has 0 radical (unpaired) electrons. The Labute approximate surface area is 202 Å². The summed E-state index contributed by atoms with van der Waals surface area (Å²) >= 11 is 0. The third kappa shape index (κ3) is 8.33. The van der Waals surface area contributed by atoms with Crippen LogP contribution in [0.4, 0.5) is 8.78 Å². The fourth-order valence-corrected chi connectivity index (χ4v) is 3.52. The van der Waals surface area contributed by atoms with Crippen LogP contribution in [-0.2, 0) is 33.8 Å². The van der Waals surface area contributed by atoms with Gasteiger partial charge in [-0.2, -0.15) is 0 Å². The molecule has 35 heavy (non-hydrogen) atoms. The quantitative estimate of drug-likeness (QED) is 0.418. The minimum absolute atomic E-state index is 0.148. The van der Waals surface area contributed by atoms with Gasteiger partial charge in [-0.15, -0.1) is 0 Å². The number of amides is 3. The number of carbonyl (C=O) groups excluding carboxylic acids is 3. The third-order valence-corrected chi connectivity index (χ3v) is 5.28. The van der Waals surface area contributed by atoms with E-state index in [1.54, 1.807) is 0 Å². The van der Waals surface area contributed by atoms with Gasteiger partial charge in [-0.05, 0) is 35.7 Å². The first kappa shape index (κ1) is 25.6. The zero-order valence-electron chi connectivity index (χ0n) is 19.3. The van der Waals surface area contributed by atoms with Crippen LogP contribution in [0.25, 0.3) is 0 Å². The van der Waals surface area contributed by atoms with Gasteiger partial charge in [0.25, 0.3) is 0 Å². The van der Waals surface area contributed by atoms with Crippen molar-refractivity contribution in [1.29, 1.82) is 0 Å². The van der Waals surface area contributed by atoms with E-state index in [9.17, 15) is 23.2 Å². The highest BCUT2D eigenvalue weighted by Gasteiger charge is 2.24. The molecule has 8 heteroatoms. The largest absolute Gasteiger partial charge is 0.350 e. The maximum absolute atomic E-state index is 13.4. The summed E-state index contributed by atoms with van der Waals surface area (Å²) in [7, 11) is 0. The third-order valence-electron chi connectivity index (χ3n) is 5.28. The first-order chi connectivity index (χ1) is 16.8. The highest BCUT2D eigenvalue weighted by Crippen LogP contribution is 2.09. The first-order valence-corrected chi connectivity index (χ1v) is 11.2. The lowest BCUT2D eigenvalue weighted by molar-refractivity contribution is -0.131. The van der Waals surface area contributed by atoms with Gasteiger partial charge in [0.2, 0.25) is 17.7 Å². The Morgan fingerprint density at radius 2 is 1.31 bits per heavy atom. The van der Waals surface area contributed by atoms with Crippen LogP contribution in [0.3, 0.4) is 0 Å². The second kappa shape index (κ2) is 12.4. The molecule has 0 aliphatic heterocycles. The van der Waals surface area contributed by atoms with E-state index in [2.05, 4.69) is 16.0 Å². The number of benzene rings is 3. The zero-order valence-corrected chi connectivity index (χ0v) is 19.3. The summed E-state index contributed by atoms with van der Waals surface area (Å²) in [5.41, 5.74) is 1.92. The maximum Gasteiger partial charge on any atom is 0.243 e. The van der Waals surface area contributed by atoms with Gasteiger partial charge in [-0.25, -0.2) is 8.78 Å². The predicted molar refractivity (Wildman–Crippen MR) is 128 cm³/mol. The second-order valence-corrected chi connectivity index (χ2v) is 8.20. The summed E-state index contributed by atoms with van der Waals surface area (Å²) in [5.74, 6) is -3.07. The lowest BCUT2D eigenvalue weighted by Crippen LogP contribution is -2.53. The summed E-state index contributed by atoms with van der Waals surface area (Å²) < 4.78 is 26.7. The van der Waals surface area contributed by atoms with Crippen molar-refractivity contribution < 1.29 is 23.2 Å². The number of rotatable bonds is 10. The summed E-state index contributed by atoms with van der Waals surface area (Å²) in [6.07, 6.45) is -0.0340. The number of hydrogen-bond donors (Lipinski definition) is 3. The average Bonchev–Trinajstić information content (AvgIpc) is 2.82. The monoisotopic (exact) mass is 479 g/mol. The van der Waals surface area contributed by atoms with Gasteiger partial charge in [0.15, 0.2) is 0 Å². The van der Waals surface area contributed by atoms with Gasteiger partial charge in [-0.1, -0.05) is 60.7 Å². The van der Waals surface area contributed by atoms with Crippen LogP contribution >= 0.6 is 0 Å². The zero-order chi connectivity index (χ0) is 25.2. The van der Waals surface area contributed by atoms with Crippen molar-refractivity contribution in [2.24, 2.45) is 0 Å². The van der Waals surface area contributed by atoms with Crippen molar-refractivity contribution in [3.05, 3.63) is 107 Å². The molecule has 3 amide bonds. The molecule has 3 N–H and O–H groups in total. The maximum atomic E-state index is 13.4. The van der Waals surface area contributed by atoms with Gasteiger partial charge < -0.3 is 16.0 Å². The van der Waals surface area contributed by atoms with Gasteiger partial charge in [-0.3, -0.25) is 14.4 Å². The van der Waals surface area contributed by atoms with E-state index >= 15 is 0 Å². The van der Waals surface area contributed by atoms with Crippen LogP contribution in [0.5, 0.6) is 0 Å². The molecule has 0 aliphatic carbocycles. The molecule has 6 nitrogen and oxygen atoms in total. The highest BCUT2D eigenvalue weighted by molar-refractivity contribution is 5.92. The number of carbonyl (C=O) groups is 3. The fraction of sp³-hybridized carbons (Fsp3) is 0.222. The Morgan fingerprint density at radius 3 is 1.91 bits per heavy atom. The Kier molecular flexibility index (Phi) is 9.06. The minimum atomic E-state index is -0.971. The topological polar surface area (TPSA) is 87.3 Å². The van der Waals surface area contributed by atoms with E-state index in [-0.39, 0.29) is 24.3 Å². The van der Waals surface area contributed by atoms with Crippen molar-refractivity contribution >= 4 is 17.7 Å². The van der Waals surface area contributed by atoms with Crippen molar-refractivity contribution in [3.63, 3.8) is 0 Å². The molecule has 0 fully saturated rings. The van der Waals surface area contributed by atoms with Crippen LogP contribution in [0.1, 0.15) is 23.6 Å². The molecule has 0 aliphatic rings. The predicted octanol–water partition coefficient (Wildman–Crippen LogP) is 3.06. The standard InChI is InChI=1S/C27H27F2N3O3/c1-18(31-25(33)15-21-12-22(28)16-23(29)13-21)26(34)32-24(14-19-8-4-2-5-9-19)27(35)30-17-20-10-6-3-7-11-20/h2-13,16,18,24H,14-15,17H2,1H3,(H,30,35)(H,31,33)(H,32,34)/t18-,24-/m0/s1. The van der Waals surface area contributed by atoms with Crippen molar-refractivity contribution in [3.8, 4) is 0 Å². The van der Waals surface area contributed by atoms with Gasteiger partial charge in [0, 0.05) is 19.0 Å². The van der Waals surface area contributed by atoms with Crippen molar-refractivity contribution in [2.75, 3.05) is 0 Å². The fourth-order valence-electron chi connectivity index (χ4n) is 3.52. The first-order valence-electron chi connectivity index (χ1n) is 11.2. The molecule has 0 heterocycles. The lowest BCUT2D eigenvalue weighted by atomic mass is 10.0. The summed E-state index contributed by atoms with van der Waals surface area (Å²) in [6, 6.07) is 19.6. The van der Waals surface area contributed by atoms with Crippen LogP contribution < -0.4 is 16.0 Å². The second-order valence-electron chi connectivity index (χ2n) is 8.20. The molecule has 3 aromatic carbocycles. The number of nitrogens with one attached hydrogen (secondary N) is 3. The van der Waals surface area contributed by atoms with E-state index in [0.29, 0.717) is 12.6 Å². The molecular weight excluding hydrogens is 452 g/mol. The Hall–Kier alpha value is -4.07. The van der Waals surface area contributed by atoms with Gasteiger partial charge >= 0.3 is 0 Å². The van der Waals surface area contributed by atoms with Crippen LogP contribution in [-0.4, -0.2) is 29.8 Å². The highest BCUT2D eigenvalue weighted by atomic mass is 19.1. The number of hydrogen-bond acceptors (Lipinski definition) is 3. The van der Waals surface area contributed by atoms with E-state index in [0.717, 1.165) is 23.3 Å². The van der Waals surface area contributed by atoms with Gasteiger partial charge in [0.05, 0.1) is 6.42 Å². The average molecular weight is 480 g/mol. The lowest BCUT2D eigenvalue weighted by Gasteiger charge is -2.21. The molecule has 0 saturated heterocycles. The van der Waals surface area contributed by atoms with Gasteiger partial charge in [0.1, 0.15) is 23.7 Å².